The van der Waals surface area contributed by atoms with E-state index < -0.39 is 11.5 Å². The normalized spacial score (nSPS) is 12.8. The van der Waals surface area contributed by atoms with Gasteiger partial charge in [0.1, 0.15) is 17.9 Å². The fourth-order valence-corrected chi connectivity index (χ4v) is 1.94. The van der Waals surface area contributed by atoms with Crippen LogP contribution < -0.4 is 10.5 Å². The van der Waals surface area contributed by atoms with Gasteiger partial charge in [-0.05, 0) is 30.2 Å². The van der Waals surface area contributed by atoms with Gasteiger partial charge in [0, 0.05) is 6.42 Å². The standard InChI is InChI=1S/C17H19NO3.BrH/c1-17(18,16(19)20)11-13-7-9-15(10-8-13)21-12-14-5-3-2-4-6-14;/h2-10H,11-12,18H2,1H3,(H,19,20);1H. The van der Waals surface area contributed by atoms with Gasteiger partial charge >= 0.3 is 5.97 Å². The Bertz CT molecular complexity index is 597. The molecule has 0 aromatic heterocycles. The van der Waals surface area contributed by atoms with Gasteiger partial charge in [-0.1, -0.05) is 42.5 Å². The molecule has 4 nitrogen and oxygen atoms in total. The number of carbonyl (C=O) groups is 1. The minimum absolute atomic E-state index is 0. The van der Waals surface area contributed by atoms with Crippen LogP contribution in [0.1, 0.15) is 18.1 Å². The van der Waals surface area contributed by atoms with Crippen molar-refractivity contribution in [1.29, 1.82) is 0 Å². The average molecular weight is 366 g/mol. The topological polar surface area (TPSA) is 72.5 Å². The molecule has 22 heavy (non-hydrogen) atoms. The Hall–Kier alpha value is -1.85. The summed E-state index contributed by atoms with van der Waals surface area (Å²) >= 11 is 0. The molecule has 0 fully saturated rings. The molecule has 2 rings (SSSR count). The Balaban J connectivity index is 0.00000242. The molecule has 2 aromatic rings. The first-order chi connectivity index (χ1) is 9.97. The number of hydrogen-bond donors (Lipinski definition) is 2. The highest BCUT2D eigenvalue weighted by molar-refractivity contribution is 8.93. The summed E-state index contributed by atoms with van der Waals surface area (Å²) in [7, 11) is 0. The molecular weight excluding hydrogens is 346 g/mol. The third kappa shape index (κ3) is 5.16. The smallest absolute Gasteiger partial charge is 0.323 e. The van der Waals surface area contributed by atoms with E-state index >= 15 is 0 Å². The lowest BCUT2D eigenvalue weighted by Gasteiger charge is -2.19. The van der Waals surface area contributed by atoms with Gasteiger partial charge in [0.05, 0.1) is 0 Å². The number of carboxylic acids is 1. The molecule has 0 heterocycles. The lowest BCUT2D eigenvalue weighted by atomic mass is 9.94. The van der Waals surface area contributed by atoms with Crippen LogP contribution >= 0.6 is 17.0 Å². The van der Waals surface area contributed by atoms with Crippen molar-refractivity contribution < 1.29 is 14.6 Å². The van der Waals surface area contributed by atoms with Gasteiger partial charge in [-0.15, -0.1) is 17.0 Å². The average Bonchev–Trinajstić information content (AvgIpc) is 2.47. The largest absolute Gasteiger partial charge is 0.489 e. The highest BCUT2D eigenvalue weighted by Crippen LogP contribution is 2.17. The van der Waals surface area contributed by atoms with E-state index in [1.54, 1.807) is 0 Å². The molecule has 2 aromatic carbocycles. The molecule has 1 unspecified atom stereocenters. The molecule has 0 aliphatic rings. The molecule has 0 saturated heterocycles. The van der Waals surface area contributed by atoms with Gasteiger partial charge in [0.25, 0.3) is 0 Å². The predicted molar refractivity (Wildman–Crippen MR) is 91.5 cm³/mol. The molecule has 0 saturated carbocycles. The third-order valence-electron chi connectivity index (χ3n) is 3.23. The Labute approximate surface area is 140 Å². The van der Waals surface area contributed by atoms with Crippen molar-refractivity contribution in [3.8, 4) is 5.75 Å². The first-order valence-corrected chi connectivity index (χ1v) is 6.75. The van der Waals surface area contributed by atoms with E-state index in [-0.39, 0.29) is 23.4 Å². The van der Waals surface area contributed by atoms with Gasteiger partial charge in [-0.25, -0.2) is 0 Å². The van der Waals surface area contributed by atoms with Crippen LogP contribution in [0.4, 0.5) is 0 Å². The van der Waals surface area contributed by atoms with E-state index in [2.05, 4.69) is 0 Å². The first-order valence-electron chi connectivity index (χ1n) is 6.75. The lowest BCUT2D eigenvalue weighted by molar-refractivity contribution is -0.142. The van der Waals surface area contributed by atoms with Crippen molar-refractivity contribution in [1.82, 2.24) is 0 Å². The quantitative estimate of drug-likeness (QED) is 0.824. The number of hydrogen-bond acceptors (Lipinski definition) is 3. The second-order valence-electron chi connectivity index (χ2n) is 5.32. The maximum absolute atomic E-state index is 11.0. The molecule has 0 spiro atoms. The van der Waals surface area contributed by atoms with Crippen molar-refractivity contribution in [2.75, 3.05) is 0 Å². The van der Waals surface area contributed by atoms with Crippen molar-refractivity contribution in [2.45, 2.75) is 25.5 Å². The zero-order valence-corrected chi connectivity index (χ0v) is 14.1. The molecule has 118 valence electrons. The number of rotatable bonds is 6. The van der Waals surface area contributed by atoms with Crippen LogP contribution in [0.15, 0.2) is 54.6 Å². The van der Waals surface area contributed by atoms with Gasteiger partial charge < -0.3 is 15.6 Å². The SMILES string of the molecule is Br.CC(N)(Cc1ccc(OCc2ccccc2)cc1)C(=O)O. The fourth-order valence-electron chi connectivity index (χ4n) is 1.94. The summed E-state index contributed by atoms with van der Waals surface area (Å²) in [4.78, 5) is 11.0. The molecule has 5 heteroatoms. The van der Waals surface area contributed by atoms with Crippen LogP contribution in [0.3, 0.4) is 0 Å². The van der Waals surface area contributed by atoms with E-state index in [0.717, 1.165) is 16.9 Å². The summed E-state index contributed by atoms with van der Waals surface area (Å²) in [6.45, 7) is 2.01. The van der Waals surface area contributed by atoms with Crippen LogP contribution in [0.25, 0.3) is 0 Å². The monoisotopic (exact) mass is 365 g/mol. The van der Waals surface area contributed by atoms with E-state index in [1.807, 2.05) is 54.6 Å². The second-order valence-corrected chi connectivity index (χ2v) is 5.32. The van der Waals surface area contributed by atoms with Crippen LogP contribution in [0.2, 0.25) is 0 Å². The van der Waals surface area contributed by atoms with Crippen molar-refractivity contribution in [3.63, 3.8) is 0 Å². The fraction of sp³-hybridized carbons (Fsp3) is 0.235. The van der Waals surface area contributed by atoms with Crippen molar-refractivity contribution in [2.24, 2.45) is 5.73 Å². The Morgan fingerprint density at radius 1 is 1.09 bits per heavy atom. The van der Waals surface area contributed by atoms with Gasteiger partial charge in [0.15, 0.2) is 0 Å². The van der Waals surface area contributed by atoms with E-state index in [4.69, 9.17) is 15.6 Å². The summed E-state index contributed by atoms with van der Waals surface area (Å²) in [5, 5.41) is 9.02. The molecular formula is C17H20BrNO3. The Kier molecular flexibility index (Phi) is 6.59. The molecule has 0 amide bonds. The van der Waals surface area contributed by atoms with Gasteiger partial charge in [-0.3, -0.25) is 4.79 Å². The maximum atomic E-state index is 11.0. The highest BCUT2D eigenvalue weighted by atomic mass is 79.9. The molecule has 0 radical (unpaired) electrons. The first kappa shape index (κ1) is 18.2. The molecule has 0 aliphatic carbocycles. The number of carboxylic acid groups (broad SMARTS) is 1. The maximum Gasteiger partial charge on any atom is 0.323 e. The Morgan fingerprint density at radius 3 is 2.23 bits per heavy atom. The van der Waals surface area contributed by atoms with Crippen LogP contribution in [0, 0.1) is 0 Å². The summed E-state index contributed by atoms with van der Waals surface area (Å²) in [6.07, 6.45) is 0.279. The number of nitrogens with two attached hydrogens (primary N) is 1. The zero-order chi connectivity index (χ0) is 15.3. The van der Waals surface area contributed by atoms with Crippen LogP contribution in [-0.2, 0) is 17.8 Å². The van der Waals surface area contributed by atoms with E-state index in [9.17, 15) is 4.79 Å². The molecule has 0 bridgehead atoms. The predicted octanol–water partition coefficient (Wildman–Crippen LogP) is 3.19. The highest BCUT2D eigenvalue weighted by Gasteiger charge is 2.27. The number of aliphatic carboxylic acids is 1. The number of benzene rings is 2. The zero-order valence-electron chi connectivity index (χ0n) is 12.4. The van der Waals surface area contributed by atoms with Crippen molar-refractivity contribution >= 4 is 23.0 Å². The Morgan fingerprint density at radius 2 is 1.68 bits per heavy atom. The summed E-state index contributed by atoms with van der Waals surface area (Å²) in [6, 6.07) is 17.2. The lowest BCUT2D eigenvalue weighted by Crippen LogP contribution is -2.46. The van der Waals surface area contributed by atoms with Crippen LogP contribution in [0.5, 0.6) is 5.75 Å². The summed E-state index contributed by atoms with van der Waals surface area (Å²) in [5.74, 6) is -0.261. The molecule has 1 atom stereocenters. The number of ether oxygens (including phenoxy) is 1. The van der Waals surface area contributed by atoms with Crippen LogP contribution in [-0.4, -0.2) is 16.6 Å². The minimum atomic E-state index is -1.26. The van der Waals surface area contributed by atoms with Crippen molar-refractivity contribution in [3.05, 3.63) is 65.7 Å². The molecule has 0 aliphatic heterocycles. The number of halogens is 1. The summed E-state index contributed by atoms with van der Waals surface area (Å²) < 4.78 is 5.68. The summed E-state index contributed by atoms with van der Waals surface area (Å²) in [5.41, 5.74) is 6.44. The van der Waals surface area contributed by atoms with E-state index in [1.165, 1.54) is 6.92 Å². The molecule has 3 N–H and O–H groups in total. The van der Waals surface area contributed by atoms with Gasteiger partial charge in [-0.2, -0.15) is 0 Å². The third-order valence-corrected chi connectivity index (χ3v) is 3.23. The van der Waals surface area contributed by atoms with E-state index in [0.29, 0.717) is 6.61 Å². The second kappa shape index (κ2) is 7.96. The van der Waals surface area contributed by atoms with Gasteiger partial charge in [0.2, 0.25) is 0 Å². The minimum Gasteiger partial charge on any atom is -0.489 e.